The summed E-state index contributed by atoms with van der Waals surface area (Å²) >= 11 is 0. The van der Waals surface area contributed by atoms with Gasteiger partial charge in [0.1, 0.15) is 0 Å². The van der Waals surface area contributed by atoms with E-state index in [0.29, 0.717) is 25.0 Å². The average molecular weight is 259 g/mol. The number of ether oxygens (including phenoxy) is 1. The molecule has 2 aliphatic heterocycles. The molecule has 0 aliphatic carbocycles. The third-order valence-electron chi connectivity index (χ3n) is 4.42. The number of piperidine rings is 1. The van der Waals surface area contributed by atoms with Crippen molar-refractivity contribution in [3.05, 3.63) is 35.4 Å². The highest BCUT2D eigenvalue weighted by molar-refractivity contribution is 5.79. The summed E-state index contributed by atoms with van der Waals surface area (Å²) in [6.07, 6.45) is 2.17. The van der Waals surface area contributed by atoms with Gasteiger partial charge in [0.25, 0.3) is 0 Å². The molecule has 3 heteroatoms. The second-order valence-corrected chi connectivity index (χ2v) is 5.69. The largest absolute Gasteiger partial charge is 0.380 e. The maximum atomic E-state index is 12.1. The van der Waals surface area contributed by atoms with Gasteiger partial charge in [-0.2, -0.15) is 0 Å². The van der Waals surface area contributed by atoms with Crippen molar-refractivity contribution in [1.82, 2.24) is 4.90 Å². The molecule has 0 atom stereocenters. The van der Waals surface area contributed by atoms with Crippen LogP contribution in [-0.4, -0.2) is 37.1 Å². The van der Waals surface area contributed by atoms with Crippen molar-refractivity contribution in [3.8, 4) is 0 Å². The zero-order valence-corrected chi connectivity index (χ0v) is 11.5. The highest BCUT2D eigenvalue weighted by Gasteiger charge is 2.32. The third kappa shape index (κ3) is 2.52. The van der Waals surface area contributed by atoms with Crippen LogP contribution in [0.4, 0.5) is 0 Å². The molecular formula is C16H21NO2. The molecule has 0 aromatic heterocycles. The Bertz CT molecular complexity index is 460. The Morgan fingerprint density at radius 3 is 2.47 bits per heavy atom. The number of nitrogens with zero attached hydrogens (tertiary/aromatic N) is 1. The fourth-order valence-electron chi connectivity index (χ4n) is 3.09. The van der Waals surface area contributed by atoms with E-state index in [4.69, 9.17) is 4.74 Å². The van der Waals surface area contributed by atoms with Gasteiger partial charge in [-0.3, -0.25) is 4.79 Å². The van der Waals surface area contributed by atoms with E-state index in [2.05, 4.69) is 31.2 Å². The first kappa shape index (κ1) is 12.7. The van der Waals surface area contributed by atoms with Crippen molar-refractivity contribution in [2.24, 2.45) is 5.92 Å². The predicted octanol–water partition coefficient (Wildman–Crippen LogP) is 2.35. The SMILES string of the molecule is Cc1ccccc1C1CCN(C(=O)C2COC2)CC1. The third-order valence-corrected chi connectivity index (χ3v) is 4.42. The van der Waals surface area contributed by atoms with E-state index >= 15 is 0 Å². The highest BCUT2D eigenvalue weighted by atomic mass is 16.5. The number of hydrogen-bond acceptors (Lipinski definition) is 2. The van der Waals surface area contributed by atoms with Gasteiger partial charge in [-0.1, -0.05) is 24.3 Å². The number of carbonyl (C=O) groups is 1. The zero-order valence-electron chi connectivity index (χ0n) is 11.5. The summed E-state index contributed by atoms with van der Waals surface area (Å²) in [5, 5.41) is 0. The van der Waals surface area contributed by atoms with E-state index < -0.39 is 0 Å². The van der Waals surface area contributed by atoms with Crippen molar-refractivity contribution < 1.29 is 9.53 Å². The molecule has 1 aromatic carbocycles. The molecule has 0 saturated carbocycles. The summed E-state index contributed by atoms with van der Waals surface area (Å²) in [5.41, 5.74) is 2.83. The molecule has 2 saturated heterocycles. The van der Waals surface area contributed by atoms with Crippen LogP contribution in [0, 0.1) is 12.8 Å². The van der Waals surface area contributed by atoms with Crippen LogP contribution < -0.4 is 0 Å². The van der Waals surface area contributed by atoms with Crippen LogP contribution in [0.1, 0.15) is 29.9 Å². The quantitative estimate of drug-likeness (QED) is 0.816. The number of aryl methyl sites for hydroxylation is 1. The summed E-state index contributed by atoms with van der Waals surface area (Å²) in [5.74, 6) is 1.05. The monoisotopic (exact) mass is 259 g/mol. The Morgan fingerprint density at radius 2 is 1.89 bits per heavy atom. The smallest absolute Gasteiger partial charge is 0.230 e. The normalized spacial score (nSPS) is 21.2. The molecular weight excluding hydrogens is 238 g/mol. The predicted molar refractivity (Wildman–Crippen MR) is 74.0 cm³/mol. The molecule has 3 nitrogen and oxygen atoms in total. The van der Waals surface area contributed by atoms with Crippen LogP contribution in [0.5, 0.6) is 0 Å². The molecule has 19 heavy (non-hydrogen) atoms. The molecule has 0 bridgehead atoms. The molecule has 2 aliphatic rings. The second-order valence-electron chi connectivity index (χ2n) is 5.69. The van der Waals surface area contributed by atoms with E-state index in [9.17, 15) is 4.79 Å². The van der Waals surface area contributed by atoms with Crippen LogP contribution in [0.2, 0.25) is 0 Å². The Labute approximate surface area is 114 Å². The van der Waals surface area contributed by atoms with Crippen molar-refractivity contribution in [2.75, 3.05) is 26.3 Å². The van der Waals surface area contributed by atoms with Crippen LogP contribution in [0.15, 0.2) is 24.3 Å². The zero-order chi connectivity index (χ0) is 13.2. The lowest BCUT2D eigenvalue weighted by Crippen LogP contribution is -2.47. The van der Waals surface area contributed by atoms with E-state index in [0.717, 1.165) is 25.9 Å². The van der Waals surface area contributed by atoms with Gasteiger partial charge in [0, 0.05) is 13.1 Å². The van der Waals surface area contributed by atoms with Gasteiger partial charge in [0.05, 0.1) is 19.1 Å². The van der Waals surface area contributed by atoms with E-state index in [1.54, 1.807) is 0 Å². The molecule has 0 N–H and O–H groups in total. The minimum absolute atomic E-state index is 0.134. The first-order chi connectivity index (χ1) is 9.25. The maximum Gasteiger partial charge on any atom is 0.230 e. The Hall–Kier alpha value is -1.35. The van der Waals surface area contributed by atoms with Gasteiger partial charge < -0.3 is 9.64 Å². The Kier molecular flexibility index (Phi) is 3.56. The number of carbonyl (C=O) groups excluding carboxylic acids is 1. The minimum Gasteiger partial charge on any atom is -0.380 e. The number of benzene rings is 1. The summed E-state index contributed by atoms with van der Waals surface area (Å²) in [6.45, 7) is 5.22. The van der Waals surface area contributed by atoms with E-state index in [-0.39, 0.29) is 5.92 Å². The molecule has 3 rings (SSSR count). The Balaban J connectivity index is 1.60. The summed E-state index contributed by atoms with van der Waals surface area (Å²) in [4.78, 5) is 14.2. The highest BCUT2D eigenvalue weighted by Crippen LogP contribution is 2.30. The lowest BCUT2D eigenvalue weighted by molar-refractivity contribution is -0.150. The molecule has 0 radical (unpaired) electrons. The van der Waals surface area contributed by atoms with Crippen LogP contribution in [0.3, 0.4) is 0 Å². The molecule has 2 fully saturated rings. The summed E-state index contributed by atoms with van der Waals surface area (Å²) in [7, 11) is 0. The fraction of sp³-hybridized carbons (Fsp3) is 0.562. The molecule has 1 amide bonds. The summed E-state index contributed by atoms with van der Waals surface area (Å²) < 4.78 is 5.11. The van der Waals surface area contributed by atoms with Gasteiger partial charge in [0.2, 0.25) is 5.91 Å². The van der Waals surface area contributed by atoms with E-state index in [1.807, 2.05) is 4.90 Å². The van der Waals surface area contributed by atoms with Crippen molar-refractivity contribution in [1.29, 1.82) is 0 Å². The topological polar surface area (TPSA) is 29.5 Å². The Morgan fingerprint density at radius 1 is 1.21 bits per heavy atom. The van der Waals surface area contributed by atoms with E-state index in [1.165, 1.54) is 11.1 Å². The maximum absolute atomic E-state index is 12.1. The molecule has 2 heterocycles. The molecule has 0 spiro atoms. The number of likely N-dealkylation sites (tertiary alicyclic amines) is 1. The number of amides is 1. The lowest BCUT2D eigenvalue weighted by atomic mass is 9.86. The summed E-state index contributed by atoms with van der Waals surface area (Å²) in [6, 6.07) is 8.62. The van der Waals surface area contributed by atoms with Crippen molar-refractivity contribution in [2.45, 2.75) is 25.7 Å². The van der Waals surface area contributed by atoms with Crippen molar-refractivity contribution >= 4 is 5.91 Å². The van der Waals surface area contributed by atoms with Gasteiger partial charge in [0.15, 0.2) is 0 Å². The molecule has 1 aromatic rings. The van der Waals surface area contributed by atoms with Crippen LogP contribution in [-0.2, 0) is 9.53 Å². The van der Waals surface area contributed by atoms with Gasteiger partial charge in [-0.15, -0.1) is 0 Å². The van der Waals surface area contributed by atoms with Crippen LogP contribution >= 0.6 is 0 Å². The van der Waals surface area contributed by atoms with Gasteiger partial charge in [-0.25, -0.2) is 0 Å². The van der Waals surface area contributed by atoms with Gasteiger partial charge in [-0.05, 0) is 36.8 Å². The average Bonchev–Trinajstić information content (AvgIpc) is 2.37. The standard InChI is InChI=1S/C16H21NO2/c1-12-4-2-3-5-15(12)13-6-8-17(9-7-13)16(18)14-10-19-11-14/h2-5,13-14H,6-11H2,1H3. The van der Waals surface area contributed by atoms with Gasteiger partial charge >= 0.3 is 0 Å². The number of hydrogen-bond donors (Lipinski definition) is 0. The number of rotatable bonds is 2. The molecule has 102 valence electrons. The lowest BCUT2D eigenvalue weighted by Gasteiger charge is -2.37. The fourth-order valence-corrected chi connectivity index (χ4v) is 3.09. The minimum atomic E-state index is 0.134. The first-order valence-corrected chi connectivity index (χ1v) is 7.18. The second kappa shape index (κ2) is 5.33. The van der Waals surface area contributed by atoms with Crippen LogP contribution in [0.25, 0.3) is 0 Å². The molecule has 0 unspecified atom stereocenters. The van der Waals surface area contributed by atoms with Crippen molar-refractivity contribution in [3.63, 3.8) is 0 Å². The first-order valence-electron chi connectivity index (χ1n) is 7.18.